The Morgan fingerprint density at radius 2 is 2.06 bits per heavy atom. The third-order valence-corrected chi connectivity index (χ3v) is 2.89. The minimum absolute atomic E-state index is 0.437. The fraction of sp³-hybridized carbons (Fsp3) is 0.636. The summed E-state index contributed by atoms with van der Waals surface area (Å²) in [6, 6.07) is 2.37. The van der Waals surface area contributed by atoms with Gasteiger partial charge in [0.1, 0.15) is 17.5 Å². The van der Waals surface area contributed by atoms with Crippen LogP contribution in [0.4, 0.5) is 11.6 Å². The quantitative estimate of drug-likeness (QED) is 0.799. The predicted molar refractivity (Wildman–Crippen MR) is 72.4 cm³/mol. The van der Waals surface area contributed by atoms with Crippen molar-refractivity contribution in [1.82, 2.24) is 9.97 Å². The van der Waals surface area contributed by atoms with E-state index in [1.165, 1.54) is 0 Å². The molecule has 1 aromatic heterocycles. The lowest BCUT2D eigenvalue weighted by atomic mass is 10.2. The lowest BCUT2D eigenvalue weighted by molar-refractivity contribution is 0.765. The van der Waals surface area contributed by atoms with Crippen LogP contribution in [0.1, 0.15) is 19.2 Å². The molecule has 0 aliphatic carbocycles. The monoisotopic (exact) mass is 240 g/mol. The molecule has 0 saturated heterocycles. The summed E-state index contributed by atoms with van der Waals surface area (Å²) < 4.78 is 0. The average Bonchev–Trinajstić information content (AvgIpc) is 2.25. The highest BCUT2D eigenvalue weighted by atomic mass is 32.2. The van der Waals surface area contributed by atoms with E-state index >= 15 is 0 Å². The van der Waals surface area contributed by atoms with Gasteiger partial charge in [-0.25, -0.2) is 9.97 Å². The number of anilines is 2. The highest BCUT2D eigenvalue weighted by molar-refractivity contribution is 7.98. The molecule has 4 nitrogen and oxygen atoms in total. The molecule has 5 heteroatoms. The number of nitrogens with zero attached hydrogens (tertiary/aromatic N) is 2. The zero-order valence-electron chi connectivity index (χ0n) is 10.4. The minimum atomic E-state index is 0.437. The standard InChI is InChI=1S/C11H20N4S/c1-8(5-6-16-4)13-11-7-10(12-3)14-9(2)15-11/h7-8H,5-6H2,1-4H3,(H2,12,13,14,15). The summed E-state index contributed by atoms with van der Waals surface area (Å²) in [5, 5.41) is 6.42. The van der Waals surface area contributed by atoms with Gasteiger partial charge in [-0.05, 0) is 32.3 Å². The van der Waals surface area contributed by atoms with Crippen molar-refractivity contribution in [3.63, 3.8) is 0 Å². The van der Waals surface area contributed by atoms with Crippen LogP contribution in [0.3, 0.4) is 0 Å². The second-order valence-corrected chi connectivity index (χ2v) is 4.75. The van der Waals surface area contributed by atoms with Gasteiger partial charge in [0, 0.05) is 19.2 Å². The molecule has 2 N–H and O–H groups in total. The molecular weight excluding hydrogens is 220 g/mol. The fourth-order valence-electron chi connectivity index (χ4n) is 1.39. The normalized spacial score (nSPS) is 12.2. The van der Waals surface area contributed by atoms with E-state index in [9.17, 15) is 0 Å². The van der Waals surface area contributed by atoms with Crippen LogP contribution >= 0.6 is 11.8 Å². The zero-order chi connectivity index (χ0) is 12.0. The topological polar surface area (TPSA) is 49.8 Å². The Balaban J connectivity index is 2.61. The molecule has 0 saturated carbocycles. The third-order valence-electron chi connectivity index (χ3n) is 2.24. The van der Waals surface area contributed by atoms with E-state index in [2.05, 4.69) is 33.8 Å². The summed E-state index contributed by atoms with van der Waals surface area (Å²) in [7, 11) is 1.86. The van der Waals surface area contributed by atoms with E-state index in [4.69, 9.17) is 0 Å². The Kier molecular flexibility index (Phi) is 5.38. The molecule has 0 aliphatic heterocycles. The van der Waals surface area contributed by atoms with Crippen molar-refractivity contribution in [2.24, 2.45) is 0 Å². The van der Waals surface area contributed by atoms with Crippen LogP contribution in [0.15, 0.2) is 6.07 Å². The number of hydrogen-bond acceptors (Lipinski definition) is 5. The fourth-order valence-corrected chi connectivity index (χ4v) is 1.98. The average molecular weight is 240 g/mol. The maximum atomic E-state index is 4.36. The van der Waals surface area contributed by atoms with Crippen LogP contribution in [-0.2, 0) is 0 Å². The molecule has 90 valence electrons. The van der Waals surface area contributed by atoms with E-state index in [0.29, 0.717) is 6.04 Å². The second kappa shape index (κ2) is 6.58. The Bertz CT molecular complexity index is 330. The molecule has 1 heterocycles. The van der Waals surface area contributed by atoms with Crippen LogP contribution in [0.5, 0.6) is 0 Å². The summed E-state index contributed by atoms with van der Waals surface area (Å²) in [6.07, 6.45) is 3.26. The van der Waals surface area contributed by atoms with Gasteiger partial charge in [-0.2, -0.15) is 11.8 Å². The molecular formula is C11H20N4S. The number of nitrogens with one attached hydrogen (secondary N) is 2. The number of thioether (sulfide) groups is 1. The molecule has 0 aliphatic rings. The highest BCUT2D eigenvalue weighted by Gasteiger charge is 2.04. The first-order chi connectivity index (χ1) is 7.65. The van der Waals surface area contributed by atoms with Crippen molar-refractivity contribution in [2.45, 2.75) is 26.3 Å². The molecule has 1 rings (SSSR count). The predicted octanol–water partition coefficient (Wildman–Crippen LogP) is 2.38. The van der Waals surface area contributed by atoms with Gasteiger partial charge in [-0.1, -0.05) is 0 Å². The molecule has 16 heavy (non-hydrogen) atoms. The van der Waals surface area contributed by atoms with Gasteiger partial charge in [0.05, 0.1) is 0 Å². The summed E-state index contributed by atoms with van der Waals surface area (Å²) in [5.41, 5.74) is 0. The second-order valence-electron chi connectivity index (χ2n) is 3.76. The van der Waals surface area contributed by atoms with Gasteiger partial charge >= 0.3 is 0 Å². The van der Waals surface area contributed by atoms with Crippen LogP contribution in [0.25, 0.3) is 0 Å². The Morgan fingerprint density at radius 3 is 2.69 bits per heavy atom. The van der Waals surface area contributed by atoms with Crippen molar-refractivity contribution >= 4 is 23.4 Å². The van der Waals surface area contributed by atoms with E-state index in [1.807, 2.05) is 31.8 Å². The summed E-state index contributed by atoms with van der Waals surface area (Å²) >= 11 is 1.87. The molecule has 0 radical (unpaired) electrons. The molecule has 1 unspecified atom stereocenters. The van der Waals surface area contributed by atoms with Crippen LogP contribution in [0.2, 0.25) is 0 Å². The zero-order valence-corrected chi connectivity index (χ0v) is 11.2. The van der Waals surface area contributed by atoms with Crippen LogP contribution < -0.4 is 10.6 Å². The Labute approximate surface area is 102 Å². The maximum absolute atomic E-state index is 4.36. The maximum Gasteiger partial charge on any atom is 0.132 e. The molecule has 0 amide bonds. The van der Waals surface area contributed by atoms with E-state index < -0.39 is 0 Å². The molecule has 0 bridgehead atoms. The SMILES string of the molecule is CNc1cc(NC(C)CCSC)nc(C)n1. The first-order valence-corrected chi connectivity index (χ1v) is 6.84. The van der Waals surface area contributed by atoms with Crippen molar-refractivity contribution in [1.29, 1.82) is 0 Å². The first-order valence-electron chi connectivity index (χ1n) is 5.44. The smallest absolute Gasteiger partial charge is 0.132 e. The molecule has 0 spiro atoms. The Hall–Kier alpha value is -0.970. The number of rotatable bonds is 6. The van der Waals surface area contributed by atoms with E-state index in [0.717, 1.165) is 29.6 Å². The summed E-state index contributed by atoms with van der Waals surface area (Å²) in [6.45, 7) is 4.07. The van der Waals surface area contributed by atoms with Crippen molar-refractivity contribution in [3.05, 3.63) is 11.9 Å². The molecule has 1 atom stereocenters. The van der Waals surface area contributed by atoms with Crippen molar-refractivity contribution in [2.75, 3.05) is 29.7 Å². The van der Waals surface area contributed by atoms with Gasteiger partial charge in [-0.3, -0.25) is 0 Å². The minimum Gasteiger partial charge on any atom is -0.373 e. The largest absolute Gasteiger partial charge is 0.373 e. The molecule has 1 aromatic rings. The van der Waals surface area contributed by atoms with Crippen LogP contribution in [0, 0.1) is 6.92 Å². The number of aromatic nitrogens is 2. The highest BCUT2D eigenvalue weighted by Crippen LogP contribution is 2.13. The van der Waals surface area contributed by atoms with Crippen molar-refractivity contribution in [3.8, 4) is 0 Å². The summed E-state index contributed by atoms with van der Waals surface area (Å²) in [4.78, 5) is 8.62. The Morgan fingerprint density at radius 1 is 1.38 bits per heavy atom. The lowest BCUT2D eigenvalue weighted by Gasteiger charge is -2.14. The molecule has 0 aromatic carbocycles. The van der Waals surface area contributed by atoms with Gasteiger partial charge in [0.2, 0.25) is 0 Å². The van der Waals surface area contributed by atoms with Gasteiger partial charge in [0.15, 0.2) is 0 Å². The third kappa shape index (κ3) is 4.26. The molecule has 0 fully saturated rings. The first kappa shape index (κ1) is 13.1. The lowest BCUT2D eigenvalue weighted by Crippen LogP contribution is -2.17. The van der Waals surface area contributed by atoms with E-state index in [-0.39, 0.29) is 0 Å². The van der Waals surface area contributed by atoms with E-state index in [1.54, 1.807) is 0 Å². The number of hydrogen-bond donors (Lipinski definition) is 2. The van der Waals surface area contributed by atoms with Crippen LogP contribution in [-0.4, -0.2) is 35.1 Å². The number of aryl methyl sites for hydroxylation is 1. The van der Waals surface area contributed by atoms with Gasteiger partial charge in [-0.15, -0.1) is 0 Å². The van der Waals surface area contributed by atoms with Gasteiger partial charge in [0.25, 0.3) is 0 Å². The van der Waals surface area contributed by atoms with Crippen molar-refractivity contribution < 1.29 is 0 Å². The van der Waals surface area contributed by atoms with Gasteiger partial charge < -0.3 is 10.6 Å². The summed E-state index contributed by atoms with van der Waals surface area (Å²) in [5.74, 6) is 3.70.